The Hall–Kier alpha value is -1.12. The fourth-order valence-corrected chi connectivity index (χ4v) is 2.30. The van der Waals surface area contributed by atoms with E-state index in [4.69, 9.17) is 4.84 Å². The van der Waals surface area contributed by atoms with Gasteiger partial charge < -0.3 is 4.84 Å². The minimum atomic E-state index is 0.648. The van der Waals surface area contributed by atoms with Crippen molar-refractivity contribution in [3.05, 3.63) is 41.5 Å². The van der Waals surface area contributed by atoms with E-state index < -0.39 is 0 Å². The van der Waals surface area contributed by atoms with E-state index in [0.717, 1.165) is 19.4 Å². The first-order valence-electron chi connectivity index (χ1n) is 5.87. The van der Waals surface area contributed by atoms with Crippen molar-refractivity contribution < 1.29 is 4.84 Å². The van der Waals surface area contributed by atoms with Crippen molar-refractivity contribution in [3.8, 4) is 0 Å². The molecule has 1 aliphatic rings. The molecular weight excluding hydrogens is 198 g/mol. The van der Waals surface area contributed by atoms with Gasteiger partial charge in [0.1, 0.15) is 0 Å². The number of nitrogens with one attached hydrogen (secondary N) is 1. The number of hydrogen-bond acceptors (Lipinski definition) is 2. The lowest BCUT2D eigenvalue weighted by Crippen LogP contribution is -2.14. The predicted molar refractivity (Wildman–Crippen MR) is 67.1 cm³/mol. The molecule has 1 aliphatic carbocycles. The average Bonchev–Trinajstić information content (AvgIpc) is 2.33. The summed E-state index contributed by atoms with van der Waals surface area (Å²) < 4.78 is 0. The summed E-state index contributed by atoms with van der Waals surface area (Å²) in [5, 5.41) is 0. The third kappa shape index (κ3) is 2.34. The van der Waals surface area contributed by atoms with Gasteiger partial charge in [-0.25, -0.2) is 5.48 Å². The second kappa shape index (κ2) is 5.28. The van der Waals surface area contributed by atoms with Crippen LogP contribution in [0, 0.1) is 0 Å². The first-order chi connectivity index (χ1) is 7.83. The van der Waals surface area contributed by atoms with Crippen LogP contribution in [0.3, 0.4) is 0 Å². The van der Waals surface area contributed by atoms with Crippen LogP contribution in [0.1, 0.15) is 36.8 Å². The highest BCUT2D eigenvalue weighted by atomic mass is 16.6. The molecule has 0 spiro atoms. The molecule has 0 saturated heterocycles. The second-order valence-electron chi connectivity index (χ2n) is 4.30. The van der Waals surface area contributed by atoms with Gasteiger partial charge >= 0.3 is 0 Å². The van der Waals surface area contributed by atoms with E-state index in [0.29, 0.717) is 5.92 Å². The van der Waals surface area contributed by atoms with Crippen molar-refractivity contribution in [2.45, 2.75) is 25.7 Å². The topological polar surface area (TPSA) is 21.3 Å². The zero-order valence-corrected chi connectivity index (χ0v) is 9.99. The fraction of sp³-hybridized carbons (Fsp3) is 0.429. The molecule has 0 heterocycles. The second-order valence-corrected chi connectivity index (χ2v) is 4.30. The number of rotatable bonds is 4. The normalized spacial score (nSPS) is 19.1. The van der Waals surface area contributed by atoms with E-state index in [9.17, 15) is 0 Å². The molecule has 86 valence electrons. The number of benzene rings is 1. The van der Waals surface area contributed by atoms with Crippen LogP contribution >= 0.6 is 0 Å². The van der Waals surface area contributed by atoms with Crippen molar-refractivity contribution in [2.75, 3.05) is 13.7 Å². The zero-order chi connectivity index (χ0) is 11.4. The van der Waals surface area contributed by atoms with Crippen LogP contribution in [0.2, 0.25) is 0 Å². The van der Waals surface area contributed by atoms with Crippen LogP contribution in [0.15, 0.2) is 30.3 Å². The van der Waals surface area contributed by atoms with Crippen molar-refractivity contribution in [3.63, 3.8) is 0 Å². The Morgan fingerprint density at radius 2 is 2.19 bits per heavy atom. The van der Waals surface area contributed by atoms with Crippen molar-refractivity contribution in [1.29, 1.82) is 0 Å². The Bertz CT molecular complexity index is 384. The van der Waals surface area contributed by atoms with Crippen LogP contribution < -0.4 is 5.48 Å². The number of fused-ring (bicyclic) bond motifs is 1. The maximum Gasteiger partial charge on any atom is 0.0572 e. The molecule has 0 bridgehead atoms. The maximum absolute atomic E-state index is 4.86. The monoisotopic (exact) mass is 217 g/mol. The van der Waals surface area contributed by atoms with Gasteiger partial charge in [-0.2, -0.15) is 0 Å². The molecule has 0 fully saturated rings. The molecule has 1 N–H and O–H groups in total. The highest BCUT2D eigenvalue weighted by Gasteiger charge is 2.16. The maximum atomic E-state index is 4.86. The summed E-state index contributed by atoms with van der Waals surface area (Å²) in [6.07, 6.45) is 4.54. The van der Waals surface area contributed by atoms with Crippen LogP contribution in [0.5, 0.6) is 0 Å². The number of allylic oxidation sites excluding steroid dienone is 1. The molecule has 2 rings (SSSR count). The van der Waals surface area contributed by atoms with E-state index in [-0.39, 0.29) is 0 Å². The minimum Gasteiger partial charge on any atom is -0.305 e. The molecule has 0 saturated carbocycles. The van der Waals surface area contributed by atoms with Crippen LogP contribution in [-0.4, -0.2) is 13.7 Å². The first kappa shape index (κ1) is 11.4. The summed E-state index contributed by atoms with van der Waals surface area (Å²) in [5.41, 5.74) is 7.24. The predicted octanol–water partition coefficient (Wildman–Crippen LogP) is 3.12. The summed E-state index contributed by atoms with van der Waals surface area (Å²) in [6, 6.07) is 8.72. The summed E-state index contributed by atoms with van der Waals surface area (Å²) in [7, 11) is 1.66. The quantitative estimate of drug-likeness (QED) is 0.618. The first-order valence-corrected chi connectivity index (χ1v) is 5.87. The third-order valence-electron chi connectivity index (χ3n) is 3.20. The molecule has 0 aliphatic heterocycles. The molecule has 1 unspecified atom stereocenters. The van der Waals surface area contributed by atoms with E-state index in [1.807, 2.05) is 0 Å². The van der Waals surface area contributed by atoms with Gasteiger partial charge in [0.05, 0.1) is 7.11 Å². The molecular formula is C14H19NO. The van der Waals surface area contributed by atoms with Gasteiger partial charge in [0.2, 0.25) is 0 Å². The van der Waals surface area contributed by atoms with Crippen molar-refractivity contribution >= 4 is 5.57 Å². The Morgan fingerprint density at radius 3 is 3.00 bits per heavy atom. The molecule has 2 heteroatoms. The Labute approximate surface area is 97.3 Å². The Balaban J connectivity index is 2.15. The Morgan fingerprint density at radius 1 is 1.38 bits per heavy atom. The standard InChI is InChI=1S/C14H19NO/c1-11-7-8-12(9-10-15-16-2)14-6-4-3-5-13(11)14/h3-6,8,11,15H,7,9-10H2,1-2H3. The van der Waals surface area contributed by atoms with E-state index in [2.05, 4.69) is 42.7 Å². The van der Waals surface area contributed by atoms with Crippen molar-refractivity contribution in [2.24, 2.45) is 0 Å². The fourth-order valence-electron chi connectivity index (χ4n) is 2.30. The van der Waals surface area contributed by atoms with Gasteiger partial charge in [0.25, 0.3) is 0 Å². The summed E-state index contributed by atoms with van der Waals surface area (Å²) in [6.45, 7) is 3.16. The van der Waals surface area contributed by atoms with Gasteiger partial charge in [0.15, 0.2) is 0 Å². The van der Waals surface area contributed by atoms with Gasteiger partial charge in [-0.1, -0.05) is 37.3 Å². The highest BCUT2D eigenvalue weighted by molar-refractivity contribution is 5.70. The number of hydrogen-bond donors (Lipinski definition) is 1. The molecule has 0 aromatic heterocycles. The molecule has 1 aromatic carbocycles. The van der Waals surface area contributed by atoms with Gasteiger partial charge in [0, 0.05) is 6.54 Å². The molecule has 16 heavy (non-hydrogen) atoms. The van der Waals surface area contributed by atoms with Gasteiger partial charge in [-0.15, -0.1) is 0 Å². The molecule has 2 nitrogen and oxygen atoms in total. The van der Waals surface area contributed by atoms with E-state index in [1.54, 1.807) is 7.11 Å². The van der Waals surface area contributed by atoms with E-state index in [1.165, 1.54) is 16.7 Å². The third-order valence-corrected chi connectivity index (χ3v) is 3.20. The van der Waals surface area contributed by atoms with Crippen LogP contribution in [0.25, 0.3) is 5.57 Å². The molecule has 1 aromatic rings. The SMILES string of the molecule is CONCCC1=CCC(C)c2ccccc21. The summed E-state index contributed by atoms with van der Waals surface area (Å²) in [4.78, 5) is 4.86. The minimum absolute atomic E-state index is 0.648. The lowest BCUT2D eigenvalue weighted by atomic mass is 9.83. The number of hydroxylamine groups is 1. The highest BCUT2D eigenvalue weighted by Crippen LogP contribution is 2.35. The van der Waals surface area contributed by atoms with Crippen LogP contribution in [-0.2, 0) is 4.84 Å². The lowest BCUT2D eigenvalue weighted by molar-refractivity contribution is 0.0937. The molecule has 0 amide bonds. The summed E-state index contributed by atoms with van der Waals surface area (Å²) >= 11 is 0. The molecule has 1 atom stereocenters. The lowest BCUT2D eigenvalue weighted by Gasteiger charge is -2.23. The van der Waals surface area contributed by atoms with Gasteiger partial charge in [-0.3, -0.25) is 0 Å². The van der Waals surface area contributed by atoms with Crippen LogP contribution in [0.4, 0.5) is 0 Å². The van der Waals surface area contributed by atoms with Gasteiger partial charge in [-0.05, 0) is 35.5 Å². The molecule has 0 radical (unpaired) electrons. The zero-order valence-electron chi connectivity index (χ0n) is 9.99. The van der Waals surface area contributed by atoms with Crippen molar-refractivity contribution in [1.82, 2.24) is 5.48 Å². The Kier molecular flexibility index (Phi) is 3.75. The smallest absolute Gasteiger partial charge is 0.0572 e. The average molecular weight is 217 g/mol. The largest absolute Gasteiger partial charge is 0.305 e. The van der Waals surface area contributed by atoms with E-state index >= 15 is 0 Å². The summed E-state index contributed by atoms with van der Waals surface area (Å²) in [5.74, 6) is 0.648.